The maximum absolute atomic E-state index is 12.2. The lowest BCUT2D eigenvalue weighted by Gasteiger charge is -2.24. The van der Waals surface area contributed by atoms with Crippen LogP contribution in [-0.2, 0) is 17.8 Å². The molecule has 1 aliphatic carbocycles. The largest absolute Gasteiger partial charge is 0.433 e. The van der Waals surface area contributed by atoms with Crippen molar-refractivity contribution in [3.63, 3.8) is 0 Å². The summed E-state index contributed by atoms with van der Waals surface area (Å²) in [7, 11) is 1.82. The van der Waals surface area contributed by atoms with Crippen molar-refractivity contribution in [3.05, 3.63) is 71.8 Å². The fourth-order valence-corrected chi connectivity index (χ4v) is 2.85. The van der Waals surface area contributed by atoms with E-state index in [1.54, 1.807) is 4.90 Å². The summed E-state index contributed by atoms with van der Waals surface area (Å²) >= 11 is 0. The monoisotopic (exact) mass is 338 g/mol. The summed E-state index contributed by atoms with van der Waals surface area (Å²) in [6, 6.07) is 20.5. The first-order valence-corrected chi connectivity index (χ1v) is 8.89. The molecular weight excluding hydrogens is 312 g/mol. The number of carbonyl (C=O) groups is 1. The van der Waals surface area contributed by atoms with E-state index in [9.17, 15) is 4.79 Å². The Hall–Kier alpha value is -2.33. The number of amides is 1. The zero-order valence-corrected chi connectivity index (χ0v) is 14.8. The molecule has 4 heteroatoms. The van der Waals surface area contributed by atoms with E-state index in [-0.39, 0.29) is 12.8 Å². The Bertz CT molecular complexity index is 615. The summed E-state index contributed by atoms with van der Waals surface area (Å²) in [6.07, 6.45) is 2.22. The van der Waals surface area contributed by atoms with Gasteiger partial charge in [-0.15, -0.1) is 0 Å². The quantitative estimate of drug-likeness (QED) is 0.679. The zero-order chi connectivity index (χ0) is 17.5. The molecule has 1 amide bonds. The number of carbonyl (C=O) groups excluding carboxylic acids is 1. The molecule has 0 unspecified atom stereocenters. The number of nitrogens with zero attached hydrogens (tertiary/aromatic N) is 2. The van der Waals surface area contributed by atoms with Crippen molar-refractivity contribution in [1.82, 2.24) is 9.80 Å². The maximum Gasteiger partial charge on any atom is 0.410 e. The second kappa shape index (κ2) is 8.67. The molecule has 25 heavy (non-hydrogen) atoms. The van der Waals surface area contributed by atoms with Gasteiger partial charge in [0.15, 0.2) is 0 Å². The topological polar surface area (TPSA) is 32.8 Å². The summed E-state index contributed by atoms with van der Waals surface area (Å²) in [5.74, 6) is 0.669. The van der Waals surface area contributed by atoms with Crippen LogP contribution >= 0.6 is 0 Å². The molecular formula is C21H26N2O2. The fourth-order valence-electron chi connectivity index (χ4n) is 2.85. The molecule has 4 nitrogen and oxygen atoms in total. The zero-order valence-electron chi connectivity index (χ0n) is 14.8. The van der Waals surface area contributed by atoms with E-state index in [0.29, 0.717) is 5.92 Å². The third-order valence-electron chi connectivity index (χ3n) is 4.41. The van der Waals surface area contributed by atoms with Crippen molar-refractivity contribution in [2.45, 2.75) is 25.9 Å². The van der Waals surface area contributed by atoms with Crippen LogP contribution in [0.4, 0.5) is 4.79 Å². The molecule has 132 valence electrons. The van der Waals surface area contributed by atoms with Crippen LogP contribution in [0, 0.1) is 5.92 Å². The summed E-state index contributed by atoms with van der Waals surface area (Å²) in [6.45, 7) is 2.58. The van der Waals surface area contributed by atoms with Crippen LogP contribution in [0.5, 0.6) is 0 Å². The van der Waals surface area contributed by atoms with Crippen molar-refractivity contribution in [1.29, 1.82) is 0 Å². The molecule has 3 rings (SSSR count). The first-order chi connectivity index (χ1) is 12.2. The Morgan fingerprint density at radius 3 is 1.96 bits per heavy atom. The minimum Gasteiger partial charge on any atom is -0.433 e. The SMILES string of the molecule is CN(CC1CC1)C(=O)OCN(Cc1ccccc1)Cc1ccccc1. The molecule has 1 aliphatic rings. The molecule has 0 spiro atoms. The van der Waals surface area contributed by atoms with Gasteiger partial charge in [-0.05, 0) is 29.9 Å². The van der Waals surface area contributed by atoms with Gasteiger partial charge >= 0.3 is 6.09 Å². The van der Waals surface area contributed by atoms with E-state index in [1.165, 1.54) is 24.0 Å². The molecule has 1 saturated carbocycles. The van der Waals surface area contributed by atoms with Crippen LogP contribution in [0.2, 0.25) is 0 Å². The maximum atomic E-state index is 12.2. The highest BCUT2D eigenvalue weighted by Gasteiger charge is 2.25. The highest BCUT2D eigenvalue weighted by molar-refractivity contribution is 5.67. The Kier molecular flexibility index (Phi) is 6.07. The third-order valence-corrected chi connectivity index (χ3v) is 4.41. The van der Waals surface area contributed by atoms with Crippen LogP contribution in [-0.4, -0.2) is 36.2 Å². The molecule has 0 saturated heterocycles. The van der Waals surface area contributed by atoms with E-state index < -0.39 is 0 Å². The minimum absolute atomic E-state index is 0.238. The van der Waals surface area contributed by atoms with Crippen molar-refractivity contribution >= 4 is 6.09 Å². The van der Waals surface area contributed by atoms with Gasteiger partial charge in [0.2, 0.25) is 0 Å². The van der Waals surface area contributed by atoms with E-state index in [0.717, 1.165) is 19.6 Å². The molecule has 1 fully saturated rings. The second-order valence-electron chi connectivity index (χ2n) is 6.82. The van der Waals surface area contributed by atoms with Crippen molar-refractivity contribution in [3.8, 4) is 0 Å². The van der Waals surface area contributed by atoms with Gasteiger partial charge in [-0.3, -0.25) is 4.90 Å². The third kappa shape index (κ3) is 5.91. The average molecular weight is 338 g/mol. The number of ether oxygens (including phenoxy) is 1. The first kappa shape index (κ1) is 17.5. The predicted molar refractivity (Wildman–Crippen MR) is 98.8 cm³/mol. The van der Waals surface area contributed by atoms with Gasteiger partial charge in [0.05, 0.1) is 0 Å². The van der Waals surface area contributed by atoms with Crippen LogP contribution < -0.4 is 0 Å². The summed E-state index contributed by atoms with van der Waals surface area (Å²) in [4.78, 5) is 16.0. The van der Waals surface area contributed by atoms with Crippen molar-refractivity contribution in [2.75, 3.05) is 20.3 Å². The highest BCUT2D eigenvalue weighted by atomic mass is 16.6. The average Bonchev–Trinajstić information content (AvgIpc) is 3.45. The lowest BCUT2D eigenvalue weighted by molar-refractivity contribution is 0.0402. The van der Waals surface area contributed by atoms with Crippen LogP contribution in [0.1, 0.15) is 24.0 Å². The van der Waals surface area contributed by atoms with Crippen LogP contribution in [0.15, 0.2) is 60.7 Å². The van der Waals surface area contributed by atoms with Crippen LogP contribution in [0.25, 0.3) is 0 Å². The van der Waals surface area contributed by atoms with Gasteiger partial charge in [-0.25, -0.2) is 4.79 Å². The van der Waals surface area contributed by atoms with Gasteiger partial charge in [0, 0.05) is 26.7 Å². The highest BCUT2D eigenvalue weighted by Crippen LogP contribution is 2.29. The predicted octanol–water partition coefficient (Wildman–Crippen LogP) is 4.12. The molecule has 0 aliphatic heterocycles. The van der Waals surface area contributed by atoms with E-state index >= 15 is 0 Å². The lowest BCUT2D eigenvalue weighted by atomic mass is 10.2. The molecule has 2 aromatic rings. The Labute approximate surface area is 150 Å². The molecule has 2 aromatic carbocycles. The molecule has 0 heterocycles. The fraction of sp³-hybridized carbons (Fsp3) is 0.381. The summed E-state index contributed by atoms with van der Waals surface area (Å²) in [5, 5.41) is 0. The lowest BCUT2D eigenvalue weighted by Crippen LogP contribution is -2.34. The molecule has 0 N–H and O–H groups in total. The Balaban J connectivity index is 1.57. The van der Waals surface area contributed by atoms with Crippen molar-refractivity contribution < 1.29 is 9.53 Å². The molecule has 0 aromatic heterocycles. The number of rotatable bonds is 8. The van der Waals surface area contributed by atoms with Gasteiger partial charge in [0.1, 0.15) is 6.73 Å². The van der Waals surface area contributed by atoms with E-state index in [1.807, 2.05) is 43.4 Å². The van der Waals surface area contributed by atoms with E-state index in [2.05, 4.69) is 29.2 Å². The summed E-state index contributed by atoms with van der Waals surface area (Å²) in [5.41, 5.74) is 2.42. The van der Waals surface area contributed by atoms with Crippen LogP contribution in [0.3, 0.4) is 0 Å². The smallest absolute Gasteiger partial charge is 0.410 e. The molecule has 0 bridgehead atoms. The second-order valence-corrected chi connectivity index (χ2v) is 6.82. The Morgan fingerprint density at radius 2 is 1.48 bits per heavy atom. The van der Waals surface area contributed by atoms with Gasteiger partial charge in [-0.2, -0.15) is 0 Å². The number of hydrogen-bond donors (Lipinski definition) is 0. The minimum atomic E-state index is -0.238. The molecule has 0 atom stereocenters. The molecule has 0 radical (unpaired) electrons. The summed E-state index contributed by atoms with van der Waals surface area (Å²) < 4.78 is 5.55. The van der Waals surface area contributed by atoms with Gasteiger partial charge in [-0.1, -0.05) is 60.7 Å². The standard InChI is InChI=1S/C21H26N2O2/c1-22(14-20-12-13-20)21(24)25-17-23(15-18-8-4-2-5-9-18)16-19-10-6-3-7-11-19/h2-11,20H,12-17H2,1H3. The normalized spacial score (nSPS) is 13.7. The van der Waals surface area contributed by atoms with E-state index in [4.69, 9.17) is 4.74 Å². The Morgan fingerprint density at radius 1 is 0.960 bits per heavy atom. The number of hydrogen-bond acceptors (Lipinski definition) is 3. The van der Waals surface area contributed by atoms with Gasteiger partial charge < -0.3 is 9.64 Å². The van der Waals surface area contributed by atoms with Crippen molar-refractivity contribution in [2.24, 2.45) is 5.92 Å². The first-order valence-electron chi connectivity index (χ1n) is 8.89. The number of benzene rings is 2. The van der Waals surface area contributed by atoms with Gasteiger partial charge in [0.25, 0.3) is 0 Å².